The standard InChI is InChI=1S/C16H16NO5S.U/c1-21-13-8-9-16(22-2)15(12-13)17(10-11-18)23(19,20)14-6-4-3-5-7-14;/h3-9,12H,10H2,1-2H3;/q-1;. The molecule has 0 bridgehead atoms. The Morgan fingerprint density at radius 1 is 1.04 bits per heavy atom. The van der Waals surface area contributed by atoms with Crippen LogP contribution in [0.15, 0.2) is 53.4 Å². The summed E-state index contributed by atoms with van der Waals surface area (Å²) in [5, 5.41) is 0. The van der Waals surface area contributed by atoms with Crippen LogP contribution in [-0.2, 0) is 14.8 Å². The number of hydrogen-bond acceptors (Lipinski definition) is 5. The number of hydrogen-bond donors (Lipinski definition) is 0. The number of rotatable bonds is 7. The van der Waals surface area contributed by atoms with Crippen molar-refractivity contribution >= 4 is 22.0 Å². The molecule has 0 aliphatic heterocycles. The second kappa shape index (κ2) is 9.11. The molecule has 0 aliphatic rings. The average molecular weight is 572 g/mol. The molecule has 24 heavy (non-hydrogen) atoms. The molecule has 0 aliphatic carbocycles. The molecule has 0 radical (unpaired) electrons. The Labute approximate surface area is 165 Å². The zero-order chi connectivity index (χ0) is 16.9. The topological polar surface area (TPSA) is 72.9 Å². The summed E-state index contributed by atoms with van der Waals surface area (Å²) in [6, 6.07) is 12.6. The minimum Gasteiger partial charge on any atom is -0.540 e. The maximum Gasteiger partial charge on any atom is 0.262 e. The number of carbonyl (C=O) groups excluding carboxylic acids is 1. The molecule has 0 spiro atoms. The van der Waals surface area contributed by atoms with E-state index in [-0.39, 0.29) is 41.7 Å². The van der Waals surface area contributed by atoms with E-state index in [2.05, 4.69) is 0 Å². The van der Waals surface area contributed by atoms with Crippen molar-refractivity contribution < 1.29 is 53.8 Å². The summed E-state index contributed by atoms with van der Waals surface area (Å²) >= 11 is 0. The fraction of sp³-hybridized carbons (Fsp3) is 0.188. The summed E-state index contributed by atoms with van der Waals surface area (Å²) in [6.07, 6.45) is 1.63. The van der Waals surface area contributed by atoms with Crippen LogP contribution < -0.4 is 13.8 Å². The Bertz CT molecular complexity index is 780. The first-order valence-electron chi connectivity index (χ1n) is 6.69. The predicted molar refractivity (Wildman–Crippen MR) is 86.2 cm³/mol. The van der Waals surface area contributed by atoms with Crippen molar-refractivity contribution in [1.29, 1.82) is 0 Å². The summed E-state index contributed by atoms with van der Waals surface area (Å²) in [5.74, 6) is 0.750. The summed E-state index contributed by atoms with van der Waals surface area (Å²) in [4.78, 5) is 11.0. The second-order valence-electron chi connectivity index (χ2n) is 4.51. The second-order valence-corrected chi connectivity index (χ2v) is 6.37. The fourth-order valence-electron chi connectivity index (χ4n) is 2.07. The van der Waals surface area contributed by atoms with Crippen LogP contribution in [0.1, 0.15) is 0 Å². The minimum atomic E-state index is -3.94. The molecule has 0 heterocycles. The van der Waals surface area contributed by atoms with Gasteiger partial charge in [-0.2, -0.15) is 0 Å². The van der Waals surface area contributed by atoms with Crippen molar-refractivity contribution in [1.82, 2.24) is 0 Å². The van der Waals surface area contributed by atoms with E-state index in [0.29, 0.717) is 11.5 Å². The van der Waals surface area contributed by atoms with Gasteiger partial charge < -0.3 is 14.3 Å². The molecule has 0 amide bonds. The number of ether oxygens (including phenoxy) is 2. The molecule has 0 unspecified atom stereocenters. The van der Waals surface area contributed by atoms with Crippen LogP contribution in [0.4, 0.5) is 5.69 Å². The van der Waals surface area contributed by atoms with E-state index in [4.69, 9.17) is 9.47 Å². The monoisotopic (exact) mass is 572 g/mol. The Hall–Kier alpha value is -1.49. The van der Waals surface area contributed by atoms with Crippen molar-refractivity contribution in [3.05, 3.63) is 48.5 Å². The molecule has 126 valence electrons. The maximum atomic E-state index is 12.8. The molecule has 0 N–H and O–H groups in total. The van der Waals surface area contributed by atoms with E-state index in [1.165, 1.54) is 32.4 Å². The molecule has 0 atom stereocenters. The van der Waals surface area contributed by atoms with Crippen LogP contribution in [0, 0.1) is 31.1 Å². The molecular formula is C16H16NO5SU-. The summed E-state index contributed by atoms with van der Waals surface area (Å²) < 4.78 is 37.0. The van der Waals surface area contributed by atoms with Crippen LogP contribution in [0.25, 0.3) is 0 Å². The van der Waals surface area contributed by atoms with Crippen molar-refractivity contribution in [2.24, 2.45) is 0 Å². The van der Waals surface area contributed by atoms with Crippen molar-refractivity contribution in [3.8, 4) is 11.5 Å². The van der Waals surface area contributed by atoms with Gasteiger partial charge in [0.25, 0.3) is 10.0 Å². The van der Waals surface area contributed by atoms with Gasteiger partial charge in [0.05, 0.1) is 24.8 Å². The quantitative estimate of drug-likeness (QED) is 0.475. The first kappa shape index (κ1) is 20.6. The van der Waals surface area contributed by atoms with Crippen molar-refractivity contribution in [2.75, 3.05) is 25.1 Å². The van der Waals surface area contributed by atoms with Gasteiger partial charge in [0.15, 0.2) is 0 Å². The van der Waals surface area contributed by atoms with Crippen LogP contribution in [0.2, 0.25) is 0 Å². The largest absolute Gasteiger partial charge is 0.540 e. The summed E-state index contributed by atoms with van der Waals surface area (Å²) in [6.45, 7) is -0.458. The Morgan fingerprint density at radius 3 is 2.25 bits per heavy atom. The van der Waals surface area contributed by atoms with Gasteiger partial charge in [0.2, 0.25) is 0 Å². The van der Waals surface area contributed by atoms with E-state index in [1.54, 1.807) is 36.6 Å². The average Bonchev–Trinajstić information content (AvgIpc) is 2.59. The van der Waals surface area contributed by atoms with E-state index in [1.807, 2.05) is 0 Å². The van der Waals surface area contributed by atoms with Gasteiger partial charge in [0, 0.05) is 37.2 Å². The smallest absolute Gasteiger partial charge is 0.262 e. The van der Waals surface area contributed by atoms with Gasteiger partial charge in [0.1, 0.15) is 11.5 Å². The van der Waals surface area contributed by atoms with Gasteiger partial charge in [-0.05, 0) is 24.3 Å². The summed E-state index contributed by atoms with van der Waals surface area (Å²) in [5.41, 5.74) is 0.207. The molecule has 0 saturated carbocycles. The molecule has 0 saturated heterocycles. The zero-order valence-corrected chi connectivity index (χ0v) is 18.2. The van der Waals surface area contributed by atoms with Gasteiger partial charge in [-0.15, -0.1) is 0 Å². The number of benzene rings is 2. The third-order valence-corrected chi connectivity index (χ3v) is 4.97. The van der Waals surface area contributed by atoms with Crippen LogP contribution in [0.5, 0.6) is 11.5 Å². The van der Waals surface area contributed by atoms with E-state index < -0.39 is 16.6 Å². The minimum absolute atomic E-state index is 0. The van der Waals surface area contributed by atoms with Crippen molar-refractivity contribution in [2.45, 2.75) is 4.90 Å². The normalized spacial score (nSPS) is 10.4. The third kappa shape index (κ3) is 4.32. The number of nitrogens with zero attached hydrogens (tertiary/aromatic N) is 1. The van der Waals surface area contributed by atoms with Gasteiger partial charge in [-0.3, -0.25) is 4.31 Å². The molecule has 0 fully saturated rings. The first-order valence-corrected chi connectivity index (χ1v) is 8.13. The van der Waals surface area contributed by atoms with Gasteiger partial charge in [-0.1, -0.05) is 24.7 Å². The third-order valence-electron chi connectivity index (χ3n) is 3.19. The molecule has 2 aromatic carbocycles. The van der Waals surface area contributed by atoms with Gasteiger partial charge in [-0.25, -0.2) is 14.7 Å². The number of sulfonamides is 1. The molecule has 2 rings (SSSR count). The maximum absolute atomic E-state index is 12.8. The fourth-order valence-corrected chi connectivity index (χ4v) is 3.45. The van der Waals surface area contributed by atoms with Gasteiger partial charge >= 0.3 is 0 Å². The Kier molecular flexibility index (Phi) is 7.81. The molecule has 0 aromatic heterocycles. The zero-order valence-electron chi connectivity index (χ0n) is 13.2. The predicted octanol–water partition coefficient (Wildman–Crippen LogP) is 2.01. The number of anilines is 1. The molecule has 6 nitrogen and oxygen atoms in total. The molecule has 8 heteroatoms. The van der Waals surface area contributed by atoms with Crippen molar-refractivity contribution in [3.63, 3.8) is 0 Å². The van der Waals surface area contributed by atoms with E-state index in [0.717, 1.165) is 4.31 Å². The summed E-state index contributed by atoms with van der Waals surface area (Å²) in [7, 11) is -1.05. The van der Waals surface area contributed by atoms with E-state index in [9.17, 15) is 13.2 Å². The first-order chi connectivity index (χ1) is 11.0. The molecular weight excluding hydrogens is 556 g/mol. The SMILES string of the molecule is COc1ccc(OC)c(N(C[C-]=O)S(=O)(=O)c2ccccc2)c1.[U]. The Balaban J connectivity index is 0.00000288. The van der Waals surface area contributed by atoms with Crippen LogP contribution >= 0.6 is 0 Å². The molecule has 2 aromatic rings. The van der Waals surface area contributed by atoms with Crippen LogP contribution in [-0.4, -0.2) is 35.5 Å². The Morgan fingerprint density at radius 2 is 1.71 bits per heavy atom. The van der Waals surface area contributed by atoms with Crippen LogP contribution in [0.3, 0.4) is 0 Å². The number of methoxy groups -OCH3 is 2. The van der Waals surface area contributed by atoms with E-state index >= 15 is 0 Å².